The number of nitrogens with zero attached hydrogens (tertiary/aromatic N) is 1. The fourth-order valence-electron chi connectivity index (χ4n) is 5.19. The minimum Gasteiger partial charge on any atom is -0.497 e. The molecule has 1 aliphatic heterocycles. The van der Waals surface area contributed by atoms with Gasteiger partial charge >= 0.3 is 0 Å². The third-order valence-corrected chi connectivity index (χ3v) is 9.60. The maximum atomic E-state index is 15.1. The molecule has 4 nitrogen and oxygen atoms in total. The topological polar surface area (TPSA) is 55.7 Å². The van der Waals surface area contributed by atoms with Gasteiger partial charge in [0.1, 0.15) is 5.75 Å². The quantitative estimate of drug-likeness (QED) is 0.316. The van der Waals surface area contributed by atoms with Gasteiger partial charge in [-0.3, -0.25) is 4.99 Å². The summed E-state index contributed by atoms with van der Waals surface area (Å²) in [6.07, 6.45) is 5.45. The molecule has 38 heavy (non-hydrogen) atoms. The van der Waals surface area contributed by atoms with E-state index in [1.54, 1.807) is 25.5 Å². The van der Waals surface area contributed by atoms with E-state index in [1.807, 2.05) is 90.1 Å². The van der Waals surface area contributed by atoms with Gasteiger partial charge < -0.3 is 4.74 Å². The largest absolute Gasteiger partial charge is 0.497 e. The first-order valence-electron chi connectivity index (χ1n) is 13.1. The first-order valence-corrected chi connectivity index (χ1v) is 14.6. The second-order valence-corrected chi connectivity index (χ2v) is 14.2. The number of sulfone groups is 1. The number of rotatable bonds is 7. The van der Waals surface area contributed by atoms with Gasteiger partial charge in [-0.25, -0.2) is 8.42 Å². The Morgan fingerprint density at radius 3 is 1.66 bits per heavy atom. The second kappa shape index (κ2) is 10.2. The molecule has 0 saturated heterocycles. The van der Waals surface area contributed by atoms with E-state index in [0.29, 0.717) is 10.6 Å². The van der Waals surface area contributed by atoms with Crippen LogP contribution >= 0.6 is 0 Å². The molecule has 3 aromatic carbocycles. The van der Waals surface area contributed by atoms with Crippen molar-refractivity contribution >= 4 is 16.1 Å². The van der Waals surface area contributed by atoms with E-state index < -0.39 is 25.5 Å². The van der Waals surface area contributed by atoms with E-state index in [1.165, 1.54) is 0 Å². The Balaban J connectivity index is 1.99. The molecule has 1 atom stereocenters. The van der Waals surface area contributed by atoms with Crippen LogP contribution in [-0.2, 0) is 20.7 Å². The molecule has 5 heteroatoms. The van der Waals surface area contributed by atoms with Gasteiger partial charge in [0.2, 0.25) is 9.84 Å². The first kappa shape index (κ1) is 27.8. The number of benzene rings is 3. The summed E-state index contributed by atoms with van der Waals surface area (Å²) in [4.78, 5) is 3.66. The molecule has 0 amide bonds. The molecule has 3 aromatic rings. The minimum atomic E-state index is -4.00. The number of hydrogen-bond donors (Lipinski definition) is 0. The maximum Gasteiger partial charge on any atom is 0.208 e. The number of allylic oxidation sites excluding steroid dienone is 1. The van der Waals surface area contributed by atoms with Crippen molar-refractivity contribution in [3.63, 3.8) is 0 Å². The van der Waals surface area contributed by atoms with Gasteiger partial charge in [0.25, 0.3) is 0 Å². The monoisotopic (exact) mass is 529 g/mol. The lowest BCUT2D eigenvalue weighted by atomic mass is 9.80. The van der Waals surface area contributed by atoms with Gasteiger partial charge in [-0.2, -0.15) is 0 Å². The molecule has 0 fully saturated rings. The standard InChI is InChI=1S/C33H39NO3S/c1-31(2,3)28-21-26(37-7)22-29(32(4,5)6)30(28)38(35,36)33(19-14-20-34-33)23-27(24-15-10-8-11-16-24)25-17-12-9-13-18-25/h8-22,27H,23H2,1-7H3. The highest BCUT2D eigenvalue weighted by atomic mass is 32.2. The SMILES string of the molecule is COc1cc(C(C)(C)C)c(S(=O)(=O)C2(CC(c3ccccc3)c3ccccc3)C=CC=N2)c(C(C)(C)C)c1. The molecule has 1 heterocycles. The van der Waals surface area contributed by atoms with Crippen LogP contribution in [0.3, 0.4) is 0 Å². The molecule has 0 N–H and O–H groups in total. The Morgan fingerprint density at radius 1 is 0.816 bits per heavy atom. The molecule has 0 aliphatic carbocycles. The molecular formula is C33H39NO3S. The average Bonchev–Trinajstić information content (AvgIpc) is 3.37. The molecule has 0 aromatic heterocycles. The third-order valence-electron chi connectivity index (χ3n) is 7.28. The van der Waals surface area contributed by atoms with Crippen LogP contribution in [0.1, 0.15) is 76.1 Å². The van der Waals surface area contributed by atoms with Crippen LogP contribution in [-0.4, -0.2) is 26.6 Å². The summed E-state index contributed by atoms with van der Waals surface area (Å²) in [7, 11) is -2.38. The van der Waals surface area contributed by atoms with E-state index >= 15 is 8.42 Å². The zero-order chi connectivity index (χ0) is 27.8. The molecule has 0 radical (unpaired) electrons. The average molecular weight is 530 g/mol. The maximum absolute atomic E-state index is 15.1. The van der Waals surface area contributed by atoms with E-state index in [4.69, 9.17) is 9.73 Å². The lowest BCUT2D eigenvalue weighted by Crippen LogP contribution is -2.38. The molecule has 200 valence electrons. The van der Waals surface area contributed by atoms with E-state index in [-0.39, 0.29) is 12.3 Å². The van der Waals surface area contributed by atoms with Crippen molar-refractivity contribution in [2.24, 2.45) is 4.99 Å². The summed E-state index contributed by atoms with van der Waals surface area (Å²) >= 11 is 0. The molecule has 0 saturated carbocycles. The summed E-state index contributed by atoms with van der Waals surface area (Å²) in [5.41, 5.74) is 2.72. The van der Waals surface area contributed by atoms with Crippen molar-refractivity contribution in [1.29, 1.82) is 0 Å². The number of hydrogen-bond acceptors (Lipinski definition) is 4. The summed E-state index contributed by atoms with van der Waals surface area (Å²) in [6, 6.07) is 24.0. The van der Waals surface area contributed by atoms with E-state index in [2.05, 4.69) is 24.3 Å². The predicted octanol–water partition coefficient (Wildman–Crippen LogP) is 7.62. The first-order chi connectivity index (χ1) is 17.8. The Hall–Kier alpha value is -3.18. The second-order valence-electron chi connectivity index (χ2n) is 12.1. The third kappa shape index (κ3) is 5.22. The Bertz CT molecular complexity index is 1360. The zero-order valence-corrected chi connectivity index (χ0v) is 24.3. The van der Waals surface area contributed by atoms with Crippen LogP contribution in [0.4, 0.5) is 0 Å². The van der Waals surface area contributed by atoms with Crippen LogP contribution in [0.2, 0.25) is 0 Å². The van der Waals surface area contributed by atoms with Crippen molar-refractivity contribution in [3.8, 4) is 5.75 Å². The van der Waals surface area contributed by atoms with Crippen LogP contribution in [0.5, 0.6) is 5.75 Å². The molecule has 4 rings (SSSR count). The Kier molecular flexibility index (Phi) is 7.46. The lowest BCUT2D eigenvalue weighted by molar-refractivity contribution is 0.408. The highest BCUT2D eigenvalue weighted by Gasteiger charge is 2.49. The smallest absolute Gasteiger partial charge is 0.208 e. The molecular weight excluding hydrogens is 490 g/mol. The summed E-state index contributed by atoms with van der Waals surface area (Å²) in [6.45, 7) is 12.3. The van der Waals surface area contributed by atoms with Crippen molar-refractivity contribution in [1.82, 2.24) is 0 Å². The number of ether oxygens (including phenoxy) is 1. The van der Waals surface area contributed by atoms with Crippen molar-refractivity contribution in [2.75, 3.05) is 7.11 Å². The van der Waals surface area contributed by atoms with Gasteiger partial charge in [0, 0.05) is 18.6 Å². The fourth-order valence-corrected chi connectivity index (χ4v) is 7.69. The van der Waals surface area contributed by atoms with Crippen LogP contribution in [0.15, 0.2) is 94.8 Å². The number of aliphatic imine (C=N–C) groups is 1. The van der Waals surface area contributed by atoms with E-state index in [0.717, 1.165) is 22.3 Å². The van der Waals surface area contributed by atoms with Gasteiger partial charge in [0.05, 0.1) is 12.0 Å². The highest BCUT2D eigenvalue weighted by molar-refractivity contribution is 7.93. The fraction of sp³-hybridized carbons (Fsp3) is 0.364. The molecule has 0 bridgehead atoms. The summed E-state index contributed by atoms with van der Waals surface area (Å²) in [5.74, 6) is 0.492. The molecule has 1 aliphatic rings. The Labute approximate surface area is 228 Å². The summed E-state index contributed by atoms with van der Waals surface area (Å²) in [5, 5.41) is 0. The molecule has 1 unspecified atom stereocenters. The number of methoxy groups -OCH3 is 1. The van der Waals surface area contributed by atoms with Crippen LogP contribution in [0.25, 0.3) is 0 Å². The Morgan fingerprint density at radius 2 is 1.29 bits per heavy atom. The minimum absolute atomic E-state index is 0.165. The molecule has 0 spiro atoms. The van der Waals surface area contributed by atoms with Crippen LogP contribution < -0.4 is 4.74 Å². The van der Waals surface area contributed by atoms with Crippen molar-refractivity contribution in [2.45, 2.75) is 74.5 Å². The van der Waals surface area contributed by atoms with Gasteiger partial charge in [-0.1, -0.05) is 102 Å². The lowest BCUT2D eigenvalue weighted by Gasteiger charge is -2.35. The zero-order valence-electron chi connectivity index (χ0n) is 23.5. The van der Waals surface area contributed by atoms with E-state index in [9.17, 15) is 0 Å². The van der Waals surface area contributed by atoms with Crippen LogP contribution in [0, 0.1) is 0 Å². The van der Waals surface area contributed by atoms with Gasteiger partial charge in [-0.05, 0) is 57.4 Å². The van der Waals surface area contributed by atoms with Crippen molar-refractivity contribution in [3.05, 3.63) is 107 Å². The normalized spacial score (nSPS) is 17.8. The predicted molar refractivity (Wildman–Crippen MR) is 157 cm³/mol. The van der Waals surface area contributed by atoms with Gasteiger partial charge in [0.15, 0.2) is 4.87 Å². The summed E-state index contributed by atoms with van der Waals surface area (Å²) < 4.78 is 35.8. The van der Waals surface area contributed by atoms with Gasteiger partial charge in [-0.15, -0.1) is 0 Å². The highest BCUT2D eigenvalue weighted by Crippen LogP contribution is 2.48. The van der Waals surface area contributed by atoms with Crippen molar-refractivity contribution < 1.29 is 13.2 Å².